The third-order valence-electron chi connectivity index (χ3n) is 4.00. The molecule has 0 spiro atoms. The number of alkyl halides is 3. The Balaban J connectivity index is 2.22. The predicted molar refractivity (Wildman–Crippen MR) is 86.6 cm³/mol. The number of hydrogen-bond donors (Lipinski definition) is 1. The molecule has 0 bridgehead atoms. The highest BCUT2D eigenvalue weighted by atomic mass is 19.4. The molecule has 0 aliphatic carbocycles. The fraction of sp³-hybridized carbons (Fsp3) is 0.278. The quantitative estimate of drug-likeness (QED) is 0.767. The molecule has 3 nitrogen and oxygen atoms in total. The molecule has 1 aromatic heterocycles. The SMILES string of the molecule is Cc1ccccc1-c1nc2cc(C(F)(F)F)ccc2n1CCCO. The molecule has 0 aliphatic heterocycles. The van der Waals surface area contributed by atoms with E-state index in [9.17, 15) is 13.2 Å². The number of fused-ring (bicyclic) bond motifs is 1. The average Bonchev–Trinajstić information content (AvgIpc) is 2.90. The first kappa shape index (κ1) is 16.5. The van der Waals surface area contributed by atoms with E-state index in [2.05, 4.69) is 4.98 Å². The Labute approximate surface area is 137 Å². The molecule has 1 N–H and O–H groups in total. The molecule has 3 rings (SSSR count). The van der Waals surface area contributed by atoms with Gasteiger partial charge >= 0.3 is 6.18 Å². The molecule has 24 heavy (non-hydrogen) atoms. The second kappa shape index (κ2) is 6.28. The number of hydrogen-bond acceptors (Lipinski definition) is 2. The van der Waals surface area contributed by atoms with Gasteiger partial charge in [-0.1, -0.05) is 24.3 Å². The summed E-state index contributed by atoms with van der Waals surface area (Å²) >= 11 is 0. The maximum atomic E-state index is 12.9. The van der Waals surface area contributed by atoms with Crippen molar-refractivity contribution in [3.8, 4) is 11.4 Å². The van der Waals surface area contributed by atoms with Crippen LogP contribution in [0, 0.1) is 6.92 Å². The molecule has 3 aromatic rings. The van der Waals surface area contributed by atoms with Gasteiger partial charge in [0.05, 0.1) is 16.6 Å². The van der Waals surface area contributed by atoms with Crippen LogP contribution >= 0.6 is 0 Å². The van der Waals surface area contributed by atoms with Gasteiger partial charge in [0.25, 0.3) is 0 Å². The van der Waals surface area contributed by atoms with Gasteiger partial charge in [-0.2, -0.15) is 13.2 Å². The minimum absolute atomic E-state index is 0.00746. The summed E-state index contributed by atoms with van der Waals surface area (Å²) in [5.41, 5.74) is 2.10. The summed E-state index contributed by atoms with van der Waals surface area (Å²) in [4.78, 5) is 4.45. The van der Waals surface area contributed by atoms with Gasteiger partial charge in [0, 0.05) is 18.7 Å². The van der Waals surface area contributed by atoms with Crippen molar-refractivity contribution < 1.29 is 18.3 Å². The zero-order valence-corrected chi connectivity index (χ0v) is 13.1. The van der Waals surface area contributed by atoms with Crippen LogP contribution in [0.3, 0.4) is 0 Å². The molecule has 1 heterocycles. The van der Waals surface area contributed by atoms with Crippen molar-refractivity contribution in [3.63, 3.8) is 0 Å². The van der Waals surface area contributed by atoms with E-state index < -0.39 is 11.7 Å². The molecular formula is C18H17F3N2O. The molecule has 0 saturated carbocycles. The molecule has 6 heteroatoms. The van der Waals surface area contributed by atoms with Gasteiger partial charge in [-0.15, -0.1) is 0 Å². The number of imidazole rings is 1. The van der Waals surface area contributed by atoms with E-state index in [1.165, 1.54) is 6.07 Å². The molecule has 0 amide bonds. The van der Waals surface area contributed by atoms with Gasteiger partial charge in [-0.3, -0.25) is 0 Å². The van der Waals surface area contributed by atoms with E-state index in [1.807, 2.05) is 35.8 Å². The van der Waals surface area contributed by atoms with E-state index in [0.29, 0.717) is 29.8 Å². The van der Waals surface area contributed by atoms with Crippen LogP contribution in [0.5, 0.6) is 0 Å². The number of aromatic nitrogens is 2. The lowest BCUT2D eigenvalue weighted by atomic mass is 10.1. The summed E-state index contributed by atoms with van der Waals surface area (Å²) in [7, 11) is 0. The Morgan fingerprint density at radius 3 is 2.54 bits per heavy atom. The Morgan fingerprint density at radius 2 is 1.88 bits per heavy atom. The summed E-state index contributed by atoms with van der Waals surface area (Å²) in [5, 5.41) is 9.12. The van der Waals surface area contributed by atoms with Crippen LogP contribution in [0.15, 0.2) is 42.5 Å². The van der Waals surface area contributed by atoms with Crippen molar-refractivity contribution >= 4 is 11.0 Å². The van der Waals surface area contributed by atoms with E-state index in [0.717, 1.165) is 23.3 Å². The number of aliphatic hydroxyl groups is 1. The van der Waals surface area contributed by atoms with E-state index in [1.54, 1.807) is 0 Å². The first-order chi connectivity index (χ1) is 11.4. The zero-order chi connectivity index (χ0) is 17.3. The Hall–Kier alpha value is -2.34. The van der Waals surface area contributed by atoms with Crippen molar-refractivity contribution in [2.75, 3.05) is 6.61 Å². The lowest BCUT2D eigenvalue weighted by Gasteiger charge is -2.10. The molecule has 0 saturated heterocycles. The fourth-order valence-electron chi connectivity index (χ4n) is 2.79. The van der Waals surface area contributed by atoms with Gasteiger partial charge in [0.2, 0.25) is 0 Å². The van der Waals surface area contributed by atoms with Gasteiger partial charge in [-0.25, -0.2) is 4.98 Å². The van der Waals surface area contributed by atoms with Crippen LogP contribution in [-0.4, -0.2) is 21.3 Å². The Kier molecular flexibility index (Phi) is 4.32. The standard InChI is InChI=1S/C18H17F3N2O/c1-12-5-2-3-6-14(12)17-22-15-11-13(18(19,20)21)7-8-16(15)23(17)9-4-10-24/h2-3,5-8,11,24H,4,9-10H2,1H3. The first-order valence-corrected chi connectivity index (χ1v) is 7.66. The van der Waals surface area contributed by atoms with Crippen LogP contribution in [0.25, 0.3) is 22.4 Å². The summed E-state index contributed by atoms with van der Waals surface area (Å²) in [5.74, 6) is 0.621. The van der Waals surface area contributed by atoms with Crippen LogP contribution in [0.2, 0.25) is 0 Å². The number of nitrogens with zero attached hydrogens (tertiary/aromatic N) is 2. The molecular weight excluding hydrogens is 317 g/mol. The van der Waals surface area contributed by atoms with Crippen molar-refractivity contribution in [2.45, 2.75) is 26.1 Å². The molecule has 2 aromatic carbocycles. The third-order valence-corrected chi connectivity index (χ3v) is 4.00. The fourth-order valence-corrected chi connectivity index (χ4v) is 2.79. The lowest BCUT2D eigenvalue weighted by Crippen LogP contribution is -2.05. The highest BCUT2D eigenvalue weighted by molar-refractivity contribution is 5.82. The summed E-state index contributed by atoms with van der Waals surface area (Å²) in [6.45, 7) is 2.43. The molecule has 0 radical (unpaired) electrons. The topological polar surface area (TPSA) is 38.0 Å². The number of aliphatic hydroxyl groups excluding tert-OH is 1. The van der Waals surface area contributed by atoms with Crippen LogP contribution in [-0.2, 0) is 12.7 Å². The van der Waals surface area contributed by atoms with Gasteiger partial charge in [0.1, 0.15) is 5.82 Å². The largest absolute Gasteiger partial charge is 0.416 e. The van der Waals surface area contributed by atoms with Crippen molar-refractivity contribution in [3.05, 3.63) is 53.6 Å². The predicted octanol–water partition coefficient (Wildman–Crippen LogP) is 4.41. The highest BCUT2D eigenvalue weighted by Crippen LogP contribution is 2.33. The number of halogens is 3. The third kappa shape index (κ3) is 3.01. The van der Waals surface area contributed by atoms with Crippen LogP contribution in [0.1, 0.15) is 17.5 Å². The molecule has 0 aliphatic rings. The lowest BCUT2D eigenvalue weighted by molar-refractivity contribution is -0.137. The second-order valence-electron chi connectivity index (χ2n) is 5.68. The molecule has 126 valence electrons. The zero-order valence-electron chi connectivity index (χ0n) is 13.1. The minimum Gasteiger partial charge on any atom is -0.396 e. The summed E-state index contributed by atoms with van der Waals surface area (Å²) in [6.07, 6.45) is -3.89. The average molecular weight is 334 g/mol. The maximum absolute atomic E-state index is 12.9. The second-order valence-corrected chi connectivity index (χ2v) is 5.68. The van der Waals surface area contributed by atoms with E-state index in [-0.39, 0.29) is 6.61 Å². The minimum atomic E-state index is -4.40. The monoisotopic (exact) mass is 334 g/mol. The first-order valence-electron chi connectivity index (χ1n) is 7.66. The number of rotatable bonds is 4. The number of aryl methyl sites for hydroxylation is 2. The van der Waals surface area contributed by atoms with Crippen molar-refractivity contribution in [1.82, 2.24) is 9.55 Å². The molecule has 0 fully saturated rings. The normalized spacial score (nSPS) is 12.0. The van der Waals surface area contributed by atoms with E-state index in [4.69, 9.17) is 5.11 Å². The smallest absolute Gasteiger partial charge is 0.396 e. The summed E-state index contributed by atoms with van der Waals surface area (Å²) in [6, 6.07) is 11.2. The van der Waals surface area contributed by atoms with Crippen LogP contribution in [0.4, 0.5) is 13.2 Å². The van der Waals surface area contributed by atoms with Gasteiger partial charge in [0.15, 0.2) is 0 Å². The molecule has 0 atom stereocenters. The highest BCUT2D eigenvalue weighted by Gasteiger charge is 2.31. The van der Waals surface area contributed by atoms with Crippen LogP contribution < -0.4 is 0 Å². The van der Waals surface area contributed by atoms with Crippen molar-refractivity contribution in [1.29, 1.82) is 0 Å². The van der Waals surface area contributed by atoms with Gasteiger partial charge < -0.3 is 9.67 Å². The van der Waals surface area contributed by atoms with Gasteiger partial charge in [-0.05, 0) is 37.1 Å². The van der Waals surface area contributed by atoms with Crippen molar-refractivity contribution in [2.24, 2.45) is 0 Å². The molecule has 0 unspecified atom stereocenters. The van der Waals surface area contributed by atoms with E-state index >= 15 is 0 Å². The maximum Gasteiger partial charge on any atom is 0.416 e. The Morgan fingerprint density at radius 1 is 1.12 bits per heavy atom. The number of benzene rings is 2. The summed E-state index contributed by atoms with van der Waals surface area (Å²) < 4.78 is 40.7. The Bertz CT molecular complexity index is 868.